The molecule has 1 heterocycles. The van der Waals surface area contributed by atoms with Crippen molar-refractivity contribution < 1.29 is 0 Å². The van der Waals surface area contributed by atoms with Gasteiger partial charge in [-0.3, -0.25) is 4.98 Å². The van der Waals surface area contributed by atoms with E-state index in [1.807, 2.05) is 6.07 Å². The van der Waals surface area contributed by atoms with Gasteiger partial charge in [0.05, 0.1) is 5.02 Å². The molecule has 1 rings (SSSR count). The first kappa shape index (κ1) is 14.1. The van der Waals surface area contributed by atoms with E-state index >= 15 is 0 Å². The molecular weight excluding hydrogens is 264 g/mol. The van der Waals surface area contributed by atoms with Crippen LogP contribution in [0.1, 0.15) is 19.4 Å². The zero-order chi connectivity index (χ0) is 12.2. The van der Waals surface area contributed by atoms with E-state index < -0.39 is 0 Å². The first-order valence-corrected chi connectivity index (χ1v) is 6.71. The molecule has 1 nitrogen and oxygen atoms in total. The van der Waals surface area contributed by atoms with Crippen LogP contribution < -0.4 is 0 Å². The van der Waals surface area contributed by atoms with Gasteiger partial charge in [0.15, 0.2) is 0 Å². The average Bonchev–Trinajstić information content (AvgIpc) is 2.28. The third-order valence-electron chi connectivity index (χ3n) is 3.16. The zero-order valence-corrected chi connectivity index (χ0v) is 11.8. The third kappa shape index (κ3) is 3.03. The summed E-state index contributed by atoms with van der Waals surface area (Å²) < 4.78 is 0. The Labute approximate surface area is 112 Å². The standard InChI is InChI=1S/C12H16Cl3N/c1-9(2)12(7-13,8-14)5-10-3-4-16-6-11(10)15/h3-4,6,9H,5,7-8H2,1-2H3. The van der Waals surface area contributed by atoms with Crippen LogP contribution in [0.2, 0.25) is 5.02 Å². The zero-order valence-electron chi connectivity index (χ0n) is 9.51. The fourth-order valence-electron chi connectivity index (χ4n) is 1.57. The van der Waals surface area contributed by atoms with Crippen LogP contribution in [0.5, 0.6) is 0 Å². The van der Waals surface area contributed by atoms with Crippen LogP contribution in [0.4, 0.5) is 0 Å². The number of rotatable bonds is 5. The Kier molecular flexibility index (Phi) is 5.36. The molecule has 0 aliphatic heterocycles. The van der Waals surface area contributed by atoms with Gasteiger partial charge >= 0.3 is 0 Å². The van der Waals surface area contributed by atoms with Crippen LogP contribution in [0, 0.1) is 11.3 Å². The fourth-order valence-corrected chi connectivity index (χ4v) is 2.85. The number of pyridine rings is 1. The van der Waals surface area contributed by atoms with Gasteiger partial charge < -0.3 is 0 Å². The van der Waals surface area contributed by atoms with Crippen LogP contribution in [-0.2, 0) is 6.42 Å². The third-order valence-corrected chi connectivity index (χ3v) is 4.56. The predicted octanol–water partition coefficient (Wildman–Crippen LogP) is 4.40. The van der Waals surface area contributed by atoms with Crippen molar-refractivity contribution in [2.45, 2.75) is 20.3 Å². The van der Waals surface area contributed by atoms with E-state index in [0.29, 0.717) is 22.7 Å². The number of hydrogen-bond donors (Lipinski definition) is 0. The van der Waals surface area contributed by atoms with Crippen LogP contribution in [0.3, 0.4) is 0 Å². The molecule has 0 bridgehead atoms. The molecule has 0 aliphatic carbocycles. The maximum absolute atomic E-state index is 6.10. The molecule has 0 unspecified atom stereocenters. The summed E-state index contributed by atoms with van der Waals surface area (Å²) in [6.07, 6.45) is 4.19. The second-order valence-corrected chi connectivity index (χ2v) is 5.37. The average molecular weight is 281 g/mol. The highest BCUT2D eigenvalue weighted by Gasteiger charge is 2.33. The van der Waals surface area contributed by atoms with Gasteiger partial charge in [-0.1, -0.05) is 25.4 Å². The summed E-state index contributed by atoms with van der Waals surface area (Å²) in [5.41, 5.74) is 0.959. The Balaban J connectivity index is 2.96. The van der Waals surface area contributed by atoms with E-state index in [1.54, 1.807) is 12.4 Å². The second kappa shape index (κ2) is 6.09. The smallest absolute Gasteiger partial charge is 0.0621 e. The van der Waals surface area contributed by atoms with E-state index in [1.165, 1.54) is 0 Å². The molecular formula is C12H16Cl3N. The summed E-state index contributed by atoms with van der Waals surface area (Å²) in [7, 11) is 0. The van der Waals surface area contributed by atoms with E-state index in [0.717, 1.165) is 12.0 Å². The molecule has 0 aromatic carbocycles. The lowest BCUT2D eigenvalue weighted by molar-refractivity contribution is 0.259. The Morgan fingerprint density at radius 3 is 2.38 bits per heavy atom. The van der Waals surface area contributed by atoms with Crippen LogP contribution in [-0.4, -0.2) is 16.7 Å². The van der Waals surface area contributed by atoms with Crippen LogP contribution in [0.25, 0.3) is 0 Å². The molecule has 0 atom stereocenters. The Morgan fingerprint density at radius 2 is 1.94 bits per heavy atom. The molecule has 0 spiro atoms. The maximum Gasteiger partial charge on any atom is 0.0621 e. The molecule has 4 heteroatoms. The molecule has 0 N–H and O–H groups in total. The first-order valence-electron chi connectivity index (χ1n) is 5.26. The minimum Gasteiger partial charge on any atom is -0.263 e. The lowest BCUT2D eigenvalue weighted by Gasteiger charge is -2.34. The van der Waals surface area contributed by atoms with Crippen molar-refractivity contribution >= 4 is 34.8 Å². The van der Waals surface area contributed by atoms with Crippen molar-refractivity contribution in [2.24, 2.45) is 11.3 Å². The van der Waals surface area contributed by atoms with Gasteiger partial charge in [-0.05, 0) is 24.0 Å². The monoisotopic (exact) mass is 279 g/mol. The summed E-state index contributed by atoms with van der Waals surface area (Å²) >= 11 is 18.3. The van der Waals surface area contributed by atoms with Gasteiger partial charge in [0.2, 0.25) is 0 Å². The Morgan fingerprint density at radius 1 is 1.31 bits per heavy atom. The Hall–Kier alpha value is 0.0200. The van der Waals surface area contributed by atoms with E-state index in [9.17, 15) is 0 Å². The largest absolute Gasteiger partial charge is 0.263 e. The van der Waals surface area contributed by atoms with E-state index in [-0.39, 0.29) is 5.41 Å². The minimum absolute atomic E-state index is 0.103. The molecule has 0 amide bonds. The second-order valence-electron chi connectivity index (χ2n) is 4.43. The van der Waals surface area contributed by atoms with Gasteiger partial charge in [0.25, 0.3) is 0 Å². The minimum atomic E-state index is -0.103. The van der Waals surface area contributed by atoms with Crippen molar-refractivity contribution in [3.05, 3.63) is 29.0 Å². The van der Waals surface area contributed by atoms with Gasteiger partial charge in [0, 0.05) is 29.6 Å². The molecule has 0 saturated heterocycles. The first-order chi connectivity index (χ1) is 7.55. The number of alkyl halides is 2. The van der Waals surface area contributed by atoms with Gasteiger partial charge in [-0.2, -0.15) is 0 Å². The predicted molar refractivity (Wildman–Crippen MR) is 71.7 cm³/mol. The topological polar surface area (TPSA) is 12.9 Å². The SMILES string of the molecule is CC(C)C(CCl)(CCl)Cc1ccncc1Cl. The molecule has 1 aromatic heterocycles. The molecule has 0 aliphatic rings. The van der Waals surface area contributed by atoms with E-state index in [4.69, 9.17) is 34.8 Å². The highest BCUT2D eigenvalue weighted by Crippen LogP contribution is 2.36. The van der Waals surface area contributed by atoms with Crippen LogP contribution in [0.15, 0.2) is 18.5 Å². The lowest BCUT2D eigenvalue weighted by Crippen LogP contribution is -2.34. The van der Waals surface area contributed by atoms with Crippen molar-refractivity contribution in [3.8, 4) is 0 Å². The van der Waals surface area contributed by atoms with Gasteiger partial charge in [-0.15, -0.1) is 23.2 Å². The quantitative estimate of drug-likeness (QED) is 0.729. The van der Waals surface area contributed by atoms with Gasteiger partial charge in [0.1, 0.15) is 0 Å². The summed E-state index contributed by atoms with van der Waals surface area (Å²) in [5.74, 6) is 1.48. The number of hydrogen-bond acceptors (Lipinski definition) is 1. The normalized spacial score (nSPS) is 12.1. The number of aromatic nitrogens is 1. The van der Waals surface area contributed by atoms with Crippen LogP contribution >= 0.6 is 34.8 Å². The van der Waals surface area contributed by atoms with Crippen molar-refractivity contribution in [1.29, 1.82) is 0 Å². The van der Waals surface area contributed by atoms with E-state index in [2.05, 4.69) is 18.8 Å². The molecule has 16 heavy (non-hydrogen) atoms. The maximum atomic E-state index is 6.10. The molecule has 90 valence electrons. The summed E-state index contributed by atoms with van der Waals surface area (Å²) in [6.45, 7) is 4.28. The molecule has 0 radical (unpaired) electrons. The number of halogens is 3. The summed E-state index contributed by atoms with van der Waals surface area (Å²) in [6, 6.07) is 1.93. The summed E-state index contributed by atoms with van der Waals surface area (Å²) in [4.78, 5) is 3.97. The highest BCUT2D eigenvalue weighted by atomic mass is 35.5. The highest BCUT2D eigenvalue weighted by molar-refractivity contribution is 6.31. The number of nitrogens with zero attached hydrogens (tertiary/aromatic N) is 1. The fraction of sp³-hybridized carbons (Fsp3) is 0.583. The van der Waals surface area contributed by atoms with Crippen molar-refractivity contribution in [3.63, 3.8) is 0 Å². The molecule has 0 saturated carbocycles. The van der Waals surface area contributed by atoms with Crippen molar-refractivity contribution in [2.75, 3.05) is 11.8 Å². The lowest BCUT2D eigenvalue weighted by atomic mass is 9.76. The molecule has 0 fully saturated rings. The van der Waals surface area contributed by atoms with Gasteiger partial charge in [-0.25, -0.2) is 0 Å². The Bertz CT molecular complexity index is 335. The van der Waals surface area contributed by atoms with Crippen molar-refractivity contribution in [1.82, 2.24) is 4.98 Å². The molecule has 1 aromatic rings. The summed E-state index contributed by atoms with van der Waals surface area (Å²) in [5, 5.41) is 0.683.